The zero-order valence-corrected chi connectivity index (χ0v) is 19.4. The van der Waals surface area contributed by atoms with Gasteiger partial charge in [0.15, 0.2) is 17.7 Å². The van der Waals surface area contributed by atoms with Crippen molar-refractivity contribution in [1.29, 1.82) is 0 Å². The molecule has 0 aliphatic carbocycles. The van der Waals surface area contributed by atoms with Crippen LogP contribution in [0.2, 0.25) is 10.0 Å². The van der Waals surface area contributed by atoms with E-state index >= 15 is 0 Å². The molecule has 0 aliphatic heterocycles. The number of aliphatic hydroxyl groups is 2. The number of nitrogens with one attached hydrogen (secondary N) is 2. The van der Waals surface area contributed by atoms with E-state index in [1.807, 2.05) is 0 Å². The predicted molar refractivity (Wildman–Crippen MR) is 120 cm³/mol. The lowest BCUT2D eigenvalue weighted by Crippen LogP contribution is -2.31. The number of nitrogens with zero attached hydrogens (tertiary/aromatic N) is 3. The zero-order valence-electron chi connectivity index (χ0n) is 17.9. The number of hydrogen-bond donors (Lipinski definition) is 4. The lowest BCUT2D eigenvalue weighted by molar-refractivity contribution is -0.141. The Labute approximate surface area is 202 Å². The number of amides is 1. The second kappa shape index (κ2) is 10.2. The molecular formula is C21H20Cl2F3N5O3. The van der Waals surface area contributed by atoms with Crippen molar-refractivity contribution in [1.82, 2.24) is 20.1 Å². The second-order valence-corrected chi connectivity index (χ2v) is 8.27. The summed E-state index contributed by atoms with van der Waals surface area (Å²) in [4.78, 5) is 16.6. The van der Waals surface area contributed by atoms with Gasteiger partial charge in [0.2, 0.25) is 0 Å². The molecular weight excluding hydrogens is 498 g/mol. The first-order chi connectivity index (χ1) is 15.9. The Balaban J connectivity index is 2.05. The summed E-state index contributed by atoms with van der Waals surface area (Å²) in [5.41, 5.74) is -1.02. The fourth-order valence-corrected chi connectivity index (χ4v) is 3.57. The Hall–Kier alpha value is -2.86. The van der Waals surface area contributed by atoms with Crippen LogP contribution in [-0.2, 0) is 6.18 Å². The molecule has 0 saturated carbocycles. The van der Waals surface area contributed by atoms with Gasteiger partial charge in [-0.2, -0.15) is 18.3 Å². The maximum absolute atomic E-state index is 13.4. The molecule has 0 fully saturated rings. The SMILES string of the molecule is Cc1cc(Cl)cc(C(=O)NCC(C)O)c1NC(O)c1cc(C(F)(F)F)nn1-c1ncccc1Cl. The second-order valence-electron chi connectivity index (χ2n) is 7.42. The van der Waals surface area contributed by atoms with Crippen LogP contribution in [0.3, 0.4) is 0 Å². The van der Waals surface area contributed by atoms with Gasteiger partial charge in [0, 0.05) is 17.8 Å². The van der Waals surface area contributed by atoms with Crippen LogP contribution in [0.5, 0.6) is 0 Å². The number of benzene rings is 1. The third-order valence-corrected chi connectivity index (χ3v) is 5.14. The lowest BCUT2D eigenvalue weighted by Gasteiger charge is -2.20. The number of anilines is 1. The van der Waals surface area contributed by atoms with Gasteiger partial charge in [-0.25, -0.2) is 9.67 Å². The molecule has 13 heteroatoms. The molecule has 0 saturated heterocycles. The number of alkyl halides is 3. The molecule has 4 N–H and O–H groups in total. The van der Waals surface area contributed by atoms with E-state index in [9.17, 15) is 28.2 Å². The van der Waals surface area contributed by atoms with Crippen LogP contribution in [0.1, 0.15) is 40.5 Å². The number of pyridine rings is 1. The Morgan fingerprint density at radius 2 is 1.94 bits per heavy atom. The molecule has 0 aliphatic rings. The first-order valence-electron chi connectivity index (χ1n) is 9.87. The fourth-order valence-electron chi connectivity index (χ4n) is 3.09. The molecule has 2 atom stereocenters. The van der Waals surface area contributed by atoms with Gasteiger partial charge in [-0.1, -0.05) is 23.2 Å². The van der Waals surface area contributed by atoms with Crippen LogP contribution in [0.15, 0.2) is 36.5 Å². The smallest absolute Gasteiger partial charge is 0.392 e. The van der Waals surface area contributed by atoms with E-state index in [4.69, 9.17) is 23.2 Å². The van der Waals surface area contributed by atoms with Crippen molar-refractivity contribution in [2.75, 3.05) is 11.9 Å². The highest BCUT2D eigenvalue weighted by Crippen LogP contribution is 2.34. The highest BCUT2D eigenvalue weighted by molar-refractivity contribution is 6.32. The van der Waals surface area contributed by atoms with Crippen molar-refractivity contribution in [2.24, 2.45) is 0 Å². The van der Waals surface area contributed by atoms with Gasteiger partial charge >= 0.3 is 6.18 Å². The minimum Gasteiger partial charge on any atom is -0.392 e. The van der Waals surface area contributed by atoms with Crippen molar-refractivity contribution in [3.8, 4) is 5.82 Å². The molecule has 3 aromatic rings. The number of aromatic nitrogens is 3. The van der Waals surface area contributed by atoms with Gasteiger partial charge < -0.3 is 20.8 Å². The maximum Gasteiger partial charge on any atom is 0.435 e. The van der Waals surface area contributed by atoms with E-state index in [-0.39, 0.29) is 39.4 Å². The molecule has 34 heavy (non-hydrogen) atoms. The average molecular weight is 518 g/mol. The summed E-state index contributed by atoms with van der Waals surface area (Å²) >= 11 is 12.2. The summed E-state index contributed by atoms with van der Waals surface area (Å²) in [5, 5.41) is 29.3. The Kier molecular flexibility index (Phi) is 7.71. The normalized spacial score (nSPS) is 13.4. The maximum atomic E-state index is 13.4. The van der Waals surface area contributed by atoms with Gasteiger partial charge in [0.25, 0.3) is 5.91 Å². The molecule has 8 nitrogen and oxygen atoms in total. The third kappa shape index (κ3) is 5.79. The number of rotatable bonds is 7. The molecule has 2 aromatic heterocycles. The Morgan fingerprint density at radius 3 is 2.56 bits per heavy atom. The van der Waals surface area contributed by atoms with Crippen LogP contribution in [0, 0.1) is 6.92 Å². The van der Waals surface area contributed by atoms with E-state index in [0.717, 1.165) is 4.68 Å². The Bertz CT molecular complexity index is 1200. The number of carbonyl (C=O) groups excluding carboxylic acids is 1. The third-order valence-electron chi connectivity index (χ3n) is 4.63. The monoisotopic (exact) mass is 517 g/mol. The average Bonchev–Trinajstić information content (AvgIpc) is 3.20. The predicted octanol–water partition coefficient (Wildman–Crippen LogP) is 4.11. The van der Waals surface area contributed by atoms with Crippen LogP contribution in [-0.4, -0.2) is 43.5 Å². The molecule has 182 valence electrons. The Morgan fingerprint density at radius 1 is 1.24 bits per heavy atom. The molecule has 2 heterocycles. The fraction of sp³-hybridized carbons (Fsp3) is 0.286. The number of carbonyl (C=O) groups is 1. The quantitative estimate of drug-likeness (QED) is 0.351. The van der Waals surface area contributed by atoms with E-state index < -0.39 is 30.1 Å². The molecule has 1 aromatic carbocycles. The molecule has 1 amide bonds. The van der Waals surface area contributed by atoms with Gasteiger partial charge in [0.05, 0.1) is 28.1 Å². The summed E-state index contributed by atoms with van der Waals surface area (Å²) < 4.78 is 41.0. The lowest BCUT2D eigenvalue weighted by atomic mass is 10.1. The summed E-state index contributed by atoms with van der Waals surface area (Å²) in [5.74, 6) is -0.739. The van der Waals surface area contributed by atoms with Crippen LogP contribution in [0.4, 0.5) is 18.9 Å². The van der Waals surface area contributed by atoms with Crippen LogP contribution in [0.25, 0.3) is 5.82 Å². The largest absolute Gasteiger partial charge is 0.435 e. The topological polar surface area (TPSA) is 112 Å². The summed E-state index contributed by atoms with van der Waals surface area (Å²) in [6, 6.07) is 6.40. The zero-order chi connectivity index (χ0) is 25.2. The summed E-state index contributed by atoms with van der Waals surface area (Å²) in [6.45, 7) is 3.03. The minimum absolute atomic E-state index is 0.00800. The highest BCUT2D eigenvalue weighted by Gasteiger charge is 2.36. The van der Waals surface area contributed by atoms with Crippen molar-refractivity contribution in [3.63, 3.8) is 0 Å². The summed E-state index contributed by atoms with van der Waals surface area (Å²) in [6.07, 6.45) is -6.06. The molecule has 3 rings (SSSR count). The van der Waals surface area contributed by atoms with Crippen LogP contribution >= 0.6 is 23.2 Å². The molecule has 2 unspecified atom stereocenters. The van der Waals surface area contributed by atoms with E-state index in [2.05, 4.69) is 20.7 Å². The van der Waals surface area contributed by atoms with Crippen molar-refractivity contribution in [3.05, 3.63) is 69.1 Å². The molecule has 0 bridgehead atoms. The first kappa shape index (κ1) is 25.8. The van der Waals surface area contributed by atoms with Gasteiger partial charge in [-0.3, -0.25) is 4.79 Å². The highest BCUT2D eigenvalue weighted by atomic mass is 35.5. The number of hydrogen-bond acceptors (Lipinski definition) is 6. The molecule has 0 spiro atoms. The van der Waals surface area contributed by atoms with E-state index in [1.165, 1.54) is 37.4 Å². The number of aryl methyl sites for hydroxylation is 1. The first-order valence-corrected chi connectivity index (χ1v) is 10.6. The standard InChI is InChI=1S/C21H20Cl2F3N5O3/c1-10-6-12(22)7-13(19(33)28-9-11(2)32)17(10)29-20(34)15-8-16(21(24,25)26)30-31(15)18-14(23)4-3-5-27-18/h3-8,11,20,29,32,34H,9H2,1-2H3,(H,28,33). The minimum atomic E-state index is -4.80. The summed E-state index contributed by atoms with van der Waals surface area (Å²) in [7, 11) is 0. The van der Waals surface area contributed by atoms with Crippen LogP contribution < -0.4 is 10.6 Å². The van der Waals surface area contributed by atoms with Gasteiger partial charge in [-0.15, -0.1) is 0 Å². The van der Waals surface area contributed by atoms with E-state index in [0.29, 0.717) is 11.6 Å². The number of halogens is 5. The van der Waals surface area contributed by atoms with E-state index in [1.54, 1.807) is 6.92 Å². The molecule has 0 radical (unpaired) electrons. The number of aliphatic hydroxyl groups excluding tert-OH is 2. The van der Waals surface area contributed by atoms with Crippen molar-refractivity contribution in [2.45, 2.75) is 32.4 Å². The van der Waals surface area contributed by atoms with Gasteiger partial charge in [0.1, 0.15) is 0 Å². The van der Waals surface area contributed by atoms with Crippen molar-refractivity contribution >= 4 is 34.8 Å². The van der Waals surface area contributed by atoms with Crippen molar-refractivity contribution < 1.29 is 28.2 Å². The van der Waals surface area contributed by atoms with Gasteiger partial charge in [-0.05, 0) is 49.7 Å².